The Labute approximate surface area is 131 Å². The van der Waals surface area contributed by atoms with E-state index in [1.165, 1.54) is 6.08 Å². The van der Waals surface area contributed by atoms with Crippen LogP contribution >= 0.6 is 0 Å². The quantitative estimate of drug-likeness (QED) is 0.483. The molecule has 1 saturated heterocycles. The Morgan fingerprint density at radius 1 is 1.27 bits per heavy atom. The summed E-state index contributed by atoms with van der Waals surface area (Å²) in [5.74, 6) is -0.376. The Morgan fingerprint density at radius 3 is 2.41 bits per heavy atom. The summed E-state index contributed by atoms with van der Waals surface area (Å²) in [4.78, 5) is 15.6. The van der Waals surface area contributed by atoms with Gasteiger partial charge in [-0.25, -0.2) is 4.79 Å². The normalized spacial score (nSPS) is 19.6. The van der Waals surface area contributed by atoms with E-state index >= 15 is 0 Å². The molecule has 2 heterocycles. The van der Waals surface area contributed by atoms with Crippen LogP contribution in [-0.4, -0.2) is 35.9 Å². The molecule has 6 heteroatoms. The average Bonchev–Trinajstić information content (AvgIpc) is 2.66. The van der Waals surface area contributed by atoms with Crippen LogP contribution in [0.3, 0.4) is 0 Å². The number of rotatable bonds is 4. The van der Waals surface area contributed by atoms with Gasteiger partial charge in [-0.05, 0) is 46.8 Å². The largest absolute Gasteiger partial charge is 0.496 e. The highest BCUT2D eigenvalue weighted by atomic mass is 16.7. The van der Waals surface area contributed by atoms with E-state index in [4.69, 9.17) is 14.0 Å². The Bertz CT molecular complexity index is 550. The first-order valence-corrected chi connectivity index (χ1v) is 7.41. The number of hydrogen-bond acceptors (Lipinski definition) is 5. The molecule has 118 valence electrons. The summed E-state index contributed by atoms with van der Waals surface area (Å²) >= 11 is 0. The molecule has 0 amide bonds. The minimum absolute atomic E-state index is 0.359. The third-order valence-corrected chi connectivity index (χ3v) is 4.01. The summed E-state index contributed by atoms with van der Waals surface area (Å²) in [6.45, 7) is 10.2. The van der Waals surface area contributed by atoms with Crippen molar-refractivity contribution < 1.29 is 18.8 Å². The Hall–Kier alpha value is -1.66. The van der Waals surface area contributed by atoms with Gasteiger partial charge >= 0.3 is 13.1 Å². The van der Waals surface area contributed by atoms with Crippen LogP contribution in [0.25, 0.3) is 6.08 Å². The van der Waals surface area contributed by atoms with Gasteiger partial charge in [0, 0.05) is 17.7 Å². The fraction of sp³-hybridized carbons (Fsp3) is 0.500. The predicted octanol–water partition coefficient (Wildman–Crippen LogP) is 1.96. The molecule has 1 aromatic rings. The third kappa shape index (κ3) is 3.57. The summed E-state index contributed by atoms with van der Waals surface area (Å²) in [5.41, 5.74) is 0.778. The zero-order valence-corrected chi connectivity index (χ0v) is 13.8. The maximum Gasteiger partial charge on any atom is 0.496 e. The second kappa shape index (κ2) is 6.22. The van der Waals surface area contributed by atoms with Crippen LogP contribution in [0, 0.1) is 0 Å². The molecule has 5 nitrogen and oxygen atoms in total. The molecule has 0 N–H and O–H groups in total. The van der Waals surface area contributed by atoms with E-state index in [1.54, 1.807) is 19.2 Å². The van der Waals surface area contributed by atoms with E-state index in [0.29, 0.717) is 12.3 Å². The summed E-state index contributed by atoms with van der Waals surface area (Å²) in [6, 6.07) is 3.70. The van der Waals surface area contributed by atoms with Gasteiger partial charge in [0.05, 0.1) is 23.5 Å². The molecular weight excluding hydrogens is 281 g/mol. The molecule has 0 saturated carbocycles. The SMILES string of the molecule is CCOC(=O)C=Cc1ccc(B2OC(C)(C)C(C)(C)O2)cn1. The van der Waals surface area contributed by atoms with Gasteiger partial charge < -0.3 is 14.0 Å². The smallest absolute Gasteiger partial charge is 0.463 e. The number of carbonyl (C=O) groups excluding carboxylic acids is 1. The van der Waals surface area contributed by atoms with Crippen molar-refractivity contribution in [2.24, 2.45) is 0 Å². The van der Waals surface area contributed by atoms with E-state index in [0.717, 1.165) is 5.46 Å². The van der Waals surface area contributed by atoms with Crippen molar-refractivity contribution in [3.8, 4) is 0 Å². The number of esters is 1. The molecule has 0 aliphatic carbocycles. The fourth-order valence-electron chi connectivity index (χ4n) is 1.98. The lowest BCUT2D eigenvalue weighted by atomic mass is 9.80. The van der Waals surface area contributed by atoms with E-state index in [1.807, 2.05) is 39.8 Å². The number of pyridine rings is 1. The van der Waals surface area contributed by atoms with Crippen LogP contribution in [-0.2, 0) is 18.8 Å². The number of nitrogens with zero attached hydrogens (tertiary/aromatic N) is 1. The Morgan fingerprint density at radius 2 is 1.91 bits per heavy atom. The minimum Gasteiger partial charge on any atom is -0.463 e. The number of ether oxygens (including phenoxy) is 1. The lowest BCUT2D eigenvalue weighted by Crippen LogP contribution is -2.41. The molecule has 0 unspecified atom stereocenters. The minimum atomic E-state index is -0.430. The molecule has 1 aliphatic heterocycles. The van der Waals surface area contributed by atoms with Crippen LogP contribution in [0.5, 0.6) is 0 Å². The number of carbonyl (C=O) groups is 1. The van der Waals surface area contributed by atoms with E-state index in [9.17, 15) is 4.79 Å². The Balaban J connectivity index is 2.06. The van der Waals surface area contributed by atoms with E-state index in [-0.39, 0.29) is 17.2 Å². The molecule has 0 radical (unpaired) electrons. The molecule has 0 spiro atoms. The van der Waals surface area contributed by atoms with Crippen molar-refractivity contribution in [1.82, 2.24) is 4.98 Å². The van der Waals surface area contributed by atoms with Crippen LogP contribution < -0.4 is 5.46 Å². The molecule has 0 atom stereocenters. The number of aromatic nitrogens is 1. The Kier molecular flexibility index (Phi) is 4.73. The summed E-state index contributed by atoms with van der Waals surface area (Å²) in [7, 11) is -0.430. The van der Waals surface area contributed by atoms with Crippen molar-refractivity contribution in [2.45, 2.75) is 45.8 Å². The van der Waals surface area contributed by atoms with Crippen LogP contribution in [0.4, 0.5) is 0 Å². The molecule has 1 aromatic heterocycles. The van der Waals surface area contributed by atoms with Crippen LogP contribution in [0.15, 0.2) is 24.4 Å². The molecule has 2 rings (SSSR count). The van der Waals surface area contributed by atoms with E-state index < -0.39 is 7.12 Å². The first kappa shape index (κ1) is 16.7. The molecule has 1 aliphatic rings. The molecular formula is C16H22BNO4. The van der Waals surface area contributed by atoms with Gasteiger partial charge in [-0.3, -0.25) is 4.98 Å². The summed E-state index contributed by atoms with van der Waals surface area (Å²) < 4.78 is 16.8. The van der Waals surface area contributed by atoms with Gasteiger partial charge in [0.25, 0.3) is 0 Å². The highest BCUT2D eigenvalue weighted by molar-refractivity contribution is 6.62. The topological polar surface area (TPSA) is 57.7 Å². The zero-order chi connectivity index (χ0) is 16.4. The van der Waals surface area contributed by atoms with Gasteiger partial charge in [0.1, 0.15) is 0 Å². The molecule has 0 bridgehead atoms. The summed E-state index contributed by atoms with van der Waals surface area (Å²) in [6.07, 6.45) is 4.68. The second-order valence-electron chi connectivity index (χ2n) is 6.19. The lowest BCUT2D eigenvalue weighted by Gasteiger charge is -2.32. The van der Waals surface area contributed by atoms with Gasteiger partial charge in [0.2, 0.25) is 0 Å². The predicted molar refractivity (Wildman–Crippen MR) is 85.6 cm³/mol. The number of hydrogen-bond donors (Lipinski definition) is 0. The fourth-order valence-corrected chi connectivity index (χ4v) is 1.98. The standard InChI is InChI=1S/C16H22BNO4/c1-6-20-14(19)10-9-13-8-7-12(11-18-13)17-21-15(2,3)16(4,5)22-17/h7-11H,6H2,1-5H3. The van der Waals surface area contributed by atoms with Crippen LogP contribution in [0.2, 0.25) is 0 Å². The van der Waals surface area contributed by atoms with Crippen molar-refractivity contribution in [3.05, 3.63) is 30.1 Å². The van der Waals surface area contributed by atoms with Crippen molar-refractivity contribution in [2.75, 3.05) is 6.61 Å². The third-order valence-electron chi connectivity index (χ3n) is 4.01. The first-order chi connectivity index (χ1) is 10.2. The molecule has 22 heavy (non-hydrogen) atoms. The molecule has 1 fully saturated rings. The molecule has 0 aromatic carbocycles. The monoisotopic (exact) mass is 303 g/mol. The maximum atomic E-state index is 11.3. The highest BCUT2D eigenvalue weighted by Crippen LogP contribution is 2.36. The highest BCUT2D eigenvalue weighted by Gasteiger charge is 2.51. The first-order valence-electron chi connectivity index (χ1n) is 7.41. The van der Waals surface area contributed by atoms with Crippen molar-refractivity contribution >= 4 is 24.6 Å². The average molecular weight is 303 g/mol. The maximum absolute atomic E-state index is 11.3. The van der Waals surface area contributed by atoms with Gasteiger partial charge in [-0.2, -0.15) is 0 Å². The van der Waals surface area contributed by atoms with Gasteiger partial charge in [-0.1, -0.05) is 6.07 Å². The lowest BCUT2D eigenvalue weighted by molar-refractivity contribution is -0.137. The second-order valence-corrected chi connectivity index (χ2v) is 6.19. The van der Waals surface area contributed by atoms with Crippen molar-refractivity contribution in [3.63, 3.8) is 0 Å². The summed E-state index contributed by atoms with van der Waals surface area (Å²) in [5, 5.41) is 0. The van der Waals surface area contributed by atoms with Gasteiger partial charge in [-0.15, -0.1) is 0 Å². The van der Waals surface area contributed by atoms with Gasteiger partial charge in [0.15, 0.2) is 0 Å². The van der Waals surface area contributed by atoms with E-state index in [2.05, 4.69) is 4.98 Å². The zero-order valence-electron chi connectivity index (χ0n) is 13.8. The van der Waals surface area contributed by atoms with Crippen molar-refractivity contribution in [1.29, 1.82) is 0 Å². The van der Waals surface area contributed by atoms with Crippen LogP contribution in [0.1, 0.15) is 40.3 Å².